The molecule has 0 bridgehead atoms. The van der Waals surface area contributed by atoms with E-state index in [4.69, 9.17) is 4.74 Å². The molecule has 9 nitrogen and oxygen atoms in total. The van der Waals surface area contributed by atoms with Crippen LogP contribution < -0.4 is 5.32 Å². The van der Waals surface area contributed by atoms with Crippen molar-refractivity contribution in [3.05, 3.63) is 35.4 Å². The summed E-state index contributed by atoms with van der Waals surface area (Å²) in [6.07, 6.45) is 3.20. The van der Waals surface area contributed by atoms with Crippen LogP contribution in [0.4, 0.5) is 8.78 Å². The molecule has 0 aromatic heterocycles. The average Bonchev–Trinajstić information content (AvgIpc) is 3.53. The summed E-state index contributed by atoms with van der Waals surface area (Å²) in [5, 5.41) is 12.2. The Morgan fingerprint density at radius 2 is 1.64 bits per heavy atom. The van der Waals surface area contributed by atoms with Gasteiger partial charge in [0.25, 0.3) is 17.7 Å². The van der Waals surface area contributed by atoms with E-state index < -0.39 is 53.6 Å². The normalized spacial score (nSPS) is 23.5. The number of aliphatic carboxylic acids is 1. The Morgan fingerprint density at radius 1 is 0.972 bits per heavy atom. The van der Waals surface area contributed by atoms with Crippen molar-refractivity contribution in [3.63, 3.8) is 0 Å². The second-order valence-corrected chi connectivity index (χ2v) is 9.67. The fourth-order valence-electron chi connectivity index (χ4n) is 5.47. The third kappa shape index (κ3) is 5.83. The number of rotatable bonds is 7. The van der Waals surface area contributed by atoms with E-state index in [1.165, 1.54) is 4.90 Å². The molecule has 0 spiro atoms. The van der Waals surface area contributed by atoms with Gasteiger partial charge in [-0.3, -0.25) is 19.2 Å². The monoisotopic (exact) mass is 507 g/mol. The van der Waals surface area contributed by atoms with Crippen molar-refractivity contribution < 1.29 is 37.8 Å². The van der Waals surface area contributed by atoms with E-state index in [9.17, 15) is 33.1 Å². The first kappa shape index (κ1) is 26.0. The molecule has 3 unspecified atom stereocenters. The quantitative estimate of drug-likeness (QED) is 0.585. The first-order chi connectivity index (χ1) is 17.2. The van der Waals surface area contributed by atoms with Crippen molar-refractivity contribution in [3.8, 4) is 0 Å². The molecule has 2 saturated heterocycles. The highest BCUT2D eigenvalue weighted by Crippen LogP contribution is 2.29. The summed E-state index contributed by atoms with van der Waals surface area (Å²) >= 11 is 0. The molecule has 36 heavy (non-hydrogen) atoms. The van der Waals surface area contributed by atoms with Gasteiger partial charge in [-0.25, -0.2) is 8.78 Å². The van der Waals surface area contributed by atoms with Gasteiger partial charge >= 0.3 is 5.97 Å². The maximum Gasteiger partial charge on any atom is 0.305 e. The van der Waals surface area contributed by atoms with Crippen LogP contribution in [0.3, 0.4) is 0 Å². The maximum atomic E-state index is 13.8. The Kier molecular flexibility index (Phi) is 8.17. The third-order valence-electron chi connectivity index (χ3n) is 7.21. The largest absolute Gasteiger partial charge is 0.481 e. The zero-order valence-corrected chi connectivity index (χ0v) is 20.0. The van der Waals surface area contributed by atoms with Crippen LogP contribution >= 0.6 is 0 Å². The number of hydrogen-bond acceptors (Lipinski definition) is 5. The number of amides is 3. The number of benzene rings is 1. The fraction of sp³-hybridized carbons (Fsp3) is 0.600. The van der Waals surface area contributed by atoms with Crippen LogP contribution in [0.2, 0.25) is 0 Å². The SMILES string of the molecule is O=C(O)CC(NC(=O)C1N(C(=O)c2cc(F)cc(F)c2)CCN1C(=O)C1CCCO1)C1CCCCC1. The topological polar surface area (TPSA) is 116 Å². The fourth-order valence-corrected chi connectivity index (χ4v) is 5.47. The molecule has 3 fully saturated rings. The van der Waals surface area contributed by atoms with Gasteiger partial charge in [0, 0.05) is 37.4 Å². The van der Waals surface area contributed by atoms with Gasteiger partial charge in [0.15, 0.2) is 6.17 Å². The number of carbonyl (C=O) groups is 4. The van der Waals surface area contributed by atoms with E-state index >= 15 is 0 Å². The zero-order valence-electron chi connectivity index (χ0n) is 20.0. The standard InChI is InChI=1S/C25H31F2N3O6/c26-17-11-16(12-18(27)13-17)24(34)29-8-9-30(25(35)20-7-4-10-36-20)23(29)22(33)28-19(14-21(31)32)15-5-2-1-3-6-15/h11-13,15,19-20,23H,1-10,14H2,(H,28,33)(H,31,32). The lowest BCUT2D eigenvalue weighted by Gasteiger charge is -2.34. The molecule has 1 aromatic carbocycles. The number of nitrogens with one attached hydrogen (secondary N) is 1. The lowest BCUT2D eigenvalue weighted by molar-refractivity contribution is -0.149. The molecule has 11 heteroatoms. The predicted molar refractivity (Wildman–Crippen MR) is 123 cm³/mol. The summed E-state index contributed by atoms with van der Waals surface area (Å²) in [5.74, 6) is -4.92. The number of halogens is 2. The molecule has 2 aliphatic heterocycles. The van der Waals surface area contributed by atoms with Crippen LogP contribution in [-0.2, 0) is 19.1 Å². The van der Waals surface area contributed by atoms with Gasteiger partial charge in [-0.05, 0) is 43.7 Å². The number of nitrogens with zero attached hydrogens (tertiary/aromatic N) is 2. The van der Waals surface area contributed by atoms with E-state index in [1.54, 1.807) is 0 Å². The minimum atomic E-state index is -1.39. The molecule has 1 saturated carbocycles. The zero-order chi connectivity index (χ0) is 25.8. The maximum absolute atomic E-state index is 13.8. The van der Waals surface area contributed by atoms with Crippen molar-refractivity contribution in [1.82, 2.24) is 15.1 Å². The smallest absolute Gasteiger partial charge is 0.305 e. The molecular weight excluding hydrogens is 476 g/mol. The second-order valence-electron chi connectivity index (χ2n) is 9.67. The van der Waals surface area contributed by atoms with Gasteiger partial charge in [0.05, 0.1) is 6.42 Å². The van der Waals surface area contributed by atoms with Crippen LogP contribution in [0.5, 0.6) is 0 Å². The predicted octanol–water partition coefficient (Wildman–Crippen LogP) is 2.29. The first-order valence-electron chi connectivity index (χ1n) is 12.5. The van der Waals surface area contributed by atoms with E-state index in [2.05, 4.69) is 5.32 Å². The lowest BCUT2D eigenvalue weighted by Crippen LogP contribution is -2.58. The Hall–Kier alpha value is -3.08. The van der Waals surface area contributed by atoms with Gasteiger partial charge < -0.3 is 25.0 Å². The van der Waals surface area contributed by atoms with Crippen molar-refractivity contribution >= 4 is 23.7 Å². The minimum Gasteiger partial charge on any atom is -0.481 e. The van der Waals surface area contributed by atoms with Crippen molar-refractivity contribution in [2.24, 2.45) is 5.92 Å². The Bertz CT molecular complexity index is 989. The molecule has 3 atom stereocenters. The molecule has 2 heterocycles. The lowest BCUT2D eigenvalue weighted by atomic mass is 9.82. The number of carbonyl (C=O) groups excluding carboxylic acids is 3. The number of carboxylic acid groups (broad SMARTS) is 1. The van der Waals surface area contributed by atoms with E-state index in [1.807, 2.05) is 0 Å². The van der Waals surface area contributed by atoms with E-state index in [0.29, 0.717) is 25.5 Å². The van der Waals surface area contributed by atoms with Crippen LogP contribution in [0, 0.1) is 17.6 Å². The minimum absolute atomic E-state index is 0.0272. The summed E-state index contributed by atoms with van der Waals surface area (Å²) in [6.45, 7) is 0.419. The van der Waals surface area contributed by atoms with Crippen molar-refractivity contribution in [1.29, 1.82) is 0 Å². The molecular formula is C25H31F2N3O6. The average molecular weight is 508 g/mol. The Balaban J connectivity index is 1.61. The van der Waals surface area contributed by atoms with Crippen LogP contribution in [-0.4, -0.2) is 76.6 Å². The molecule has 4 rings (SSSR count). The number of carboxylic acids is 1. The summed E-state index contributed by atoms with van der Waals surface area (Å²) in [7, 11) is 0. The van der Waals surface area contributed by atoms with Crippen LogP contribution in [0.25, 0.3) is 0 Å². The molecule has 2 N–H and O–H groups in total. The molecule has 3 aliphatic rings. The Morgan fingerprint density at radius 3 is 2.25 bits per heavy atom. The van der Waals surface area contributed by atoms with Gasteiger partial charge in [0.1, 0.15) is 17.7 Å². The second kappa shape index (κ2) is 11.3. The third-order valence-corrected chi connectivity index (χ3v) is 7.21. The van der Waals surface area contributed by atoms with Gasteiger partial charge in [-0.2, -0.15) is 0 Å². The highest BCUT2D eigenvalue weighted by Gasteiger charge is 2.46. The summed E-state index contributed by atoms with van der Waals surface area (Å²) in [5.41, 5.74) is -0.286. The highest BCUT2D eigenvalue weighted by molar-refractivity contribution is 5.99. The number of ether oxygens (including phenoxy) is 1. The molecule has 1 aromatic rings. The summed E-state index contributed by atoms with van der Waals surface area (Å²) in [6, 6.07) is 1.72. The van der Waals surface area contributed by atoms with E-state index in [0.717, 1.165) is 49.1 Å². The summed E-state index contributed by atoms with van der Waals surface area (Å²) in [4.78, 5) is 54.0. The van der Waals surface area contributed by atoms with Gasteiger partial charge in [0.2, 0.25) is 0 Å². The molecule has 0 radical (unpaired) electrons. The summed E-state index contributed by atoms with van der Waals surface area (Å²) < 4.78 is 33.1. The first-order valence-corrected chi connectivity index (χ1v) is 12.5. The van der Waals surface area contributed by atoms with E-state index in [-0.39, 0.29) is 31.0 Å². The molecule has 196 valence electrons. The van der Waals surface area contributed by atoms with Gasteiger partial charge in [-0.1, -0.05) is 19.3 Å². The van der Waals surface area contributed by atoms with Crippen LogP contribution in [0.1, 0.15) is 61.7 Å². The molecule has 1 aliphatic carbocycles. The molecule has 3 amide bonds. The number of hydrogen-bond donors (Lipinski definition) is 2. The Labute approximate surface area is 207 Å². The van der Waals surface area contributed by atoms with Crippen molar-refractivity contribution in [2.45, 2.75) is 69.7 Å². The van der Waals surface area contributed by atoms with Crippen molar-refractivity contribution in [2.75, 3.05) is 19.7 Å². The highest BCUT2D eigenvalue weighted by atomic mass is 19.1. The van der Waals surface area contributed by atoms with Crippen LogP contribution in [0.15, 0.2) is 18.2 Å². The van der Waals surface area contributed by atoms with Gasteiger partial charge in [-0.15, -0.1) is 0 Å².